The van der Waals surface area contributed by atoms with Crippen molar-refractivity contribution in [1.29, 1.82) is 0 Å². The van der Waals surface area contributed by atoms with Gasteiger partial charge in [-0.2, -0.15) is 8.78 Å². The molecular weight excluding hydrogens is 467 g/mol. The Bertz CT molecular complexity index is 1550. The first-order chi connectivity index (χ1) is 16.2. The zero-order valence-corrected chi connectivity index (χ0v) is 18.3. The summed E-state index contributed by atoms with van der Waals surface area (Å²) in [6, 6.07) is 15.1. The number of imidazole rings is 1. The molecule has 6 nitrogen and oxygen atoms in total. The second kappa shape index (κ2) is 7.31. The maximum absolute atomic E-state index is 15.0. The fourth-order valence-electron chi connectivity index (χ4n) is 5.08. The summed E-state index contributed by atoms with van der Waals surface area (Å²) in [5.74, 6) is 0.800. The van der Waals surface area contributed by atoms with Crippen LogP contribution in [0.25, 0.3) is 22.2 Å². The smallest absolute Gasteiger partial charge is 0.387 e. The molecule has 3 aromatic carbocycles. The standard InChI is InChI=1S/C24H18F3N3O3S/c25-18-11-19-20(10-15(18)12-5-7-13(8-6-12)34(28,31)32)30-22(16-9-17(16)23(30)29-19)14-3-1-2-4-21(14)33-24(26)27/h1-8,10-11,16-17,22,24H,9H2,(H2,28,31,32)/t16?,17-,22+/m1/s1. The number of rotatable bonds is 5. The lowest BCUT2D eigenvalue weighted by Gasteiger charge is -2.21. The lowest BCUT2D eigenvalue weighted by molar-refractivity contribution is -0.0507. The lowest BCUT2D eigenvalue weighted by Crippen LogP contribution is -2.13. The number of aromatic nitrogens is 2. The molecule has 0 saturated heterocycles. The number of sulfonamides is 1. The van der Waals surface area contributed by atoms with Gasteiger partial charge in [-0.1, -0.05) is 30.3 Å². The second-order valence-electron chi connectivity index (χ2n) is 8.60. The van der Waals surface area contributed by atoms with Gasteiger partial charge in [0, 0.05) is 23.1 Å². The third-order valence-electron chi connectivity index (χ3n) is 6.61. The predicted molar refractivity (Wildman–Crippen MR) is 119 cm³/mol. The molecule has 3 atom stereocenters. The van der Waals surface area contributed by atoms with Crippen LogP contribution in [0, 0.1) is 11.7 Å². The third-order valence-corrected chi connectivity index (χ3v) is 7.54. The van der Waals surface area contributed by atoms with Crippen LogP contribution in [0.3, 0.4) is 0 Å². The van der Waals surface area contributed by atoms with E-state index in [-0.39, 0.29) is 34.1 Å². The van der Waals surface area contributed by atoms with Crippen LogP contribution in [0.4, 0.5) is 13.2 Å². The number of nitrogens with two attached hydrogens (primary N) is 1. The van der Waals surface area contributed by atoms with Crippen LogP contribution in [0.1, 0.15) is 29.8 Å². The van der Waals surface area contributed by atoms with E-state index in [9.17, 15) is 17.2 Å². The van der Waals surface area contributed by atoms with Crippen molar-refractivity contribution in [2.75, 3.05) is 0 Å². The van der Waals surface area contributed by atoms with Crippen LogP contribution in [-0.4, -0.2) is 24.6 Å². The van der Waals surface area contributed by atoms with Crippen LogP contribution >= 0.6 is 0 Å². The fraction of sp³-hybridized carbons (Fsp3) is 0.208. The molecule has 0 bridgehead atoms. The molecule has 2 N–H and O–H groups in total. The van der Waals surface area contributed by atoms with Gasteiger partial charge in [0.05, 0.1) is 22.0 Å². The van der Waals surface area contributed by atoms with Crippen molar-refractivity contribution in [1.82, 2.24) is 9.55 Å². The van der Waals surface area contributed by atoms with Gasteiger partial charge in [-0.05, 0) is 42.2 Å². The van der Waals surface area contributed by atoms with Crippen molar-refractivity contribution in [3.8, 4) is 16.9 Å². The van der Waals surface area contributed by atoms with Gasteiger partial charge in [-0.3, -0.25) is 0 Å². The van der Waals surface area contributed by atoms with E-state index < -0.39 is 22.5 Å². The molecule has 6 rings (SSSR count). The van der Waals surface area contributed by atoms with Crippen molar-refractivity contribution in [2.45, 2.75) is 29.9 Å². The lowest BCUT2D eigenvalue weighted by atomic mass is 10.0. The molecule has 1 saturated carbocycles. The van der Waals surface area contributed by atoms with Crippen LogP contribution in [0.15, 0.2) is 65.6 Å². The Morgan fingerprint density at radius 1 is 1.09 bits per heavy atom. The first kappa shape index (κ1) is 21.2. The summed E-state index contributed by atoms with van der Waals surface area (Å²) in [7, 11) is -3.87. The van der Waals surface area contributed by atoms with E-state index in [1.165, 1.54) is 36.4 Å². The first-order valence-electron chi connectivity index (χ1n) is 10.6. The minimum absolute atomic E-state index is 0.0706. The quantitative estimate of drug-likeness (QED) is 0.440. The molecule has 0 radical (unpaired) electrons. The van der Waals surface area contributed by atoms with E-state index in [0.717, 1.165) is 12.2 Å². The van der Waals surface area contributed by atoms with Gasteiger partial charge < -0.3 is 9.30 Å². The molecule has 34 heavy (non-hydrogen) atoms. The minimum Gasteiger partial charge on any atom is -0.434 e. The number of ether oxygens (including phenoxy) is 1. The first-order valence-corrected chi connectivity index (χ1v) is 12.2. The molecule has 174 valence electrons. The van der Waals surface area contributed by atoms with E-state index in [0.29, 0.717) is 22.2 Å². The summed E-state index contributed by atoms with van der Waals surface area (Å²) in [4.78, 5) is 4.59. The summed E-state index contributed by atoms with van der Waals surface area (Å²) in [5.41, 5.74) is 2.53. The third kappa shape index (κ3) is 3.28. The molecule has 1 aliphatic carbocycles. The molecule has 1 aliphatic heterocycles. The summed E-state index contributed by atoms with van der Waals surface area (Å²) in [6.07, 6.45) is 0.876. The van der Waals surface area contributed by atoms with Gasteiger partial charge >= 0.3 is 6.61 Å². The number of benzene rings is 3. The Morgan fingerprint density at radius 3 is 2.53 bits per heavy atom. The number of hydrogen-bond donors (Lipinski definition) is 1. The number of hydrogen-bond acceptors (Lipinski definition) is 4. The highest BCUT2D eigenvalue weighted by molar-refractivity contribution is 7.89. The second-order valence-corrected chi connectivity index (χ2v) is 10.2. The van der Waals surface area contributed by atoms with Crippen molar-refractivity contribution in [2.24, 2.45) is 11.1 Å². The van der Waals surface area contributed by atoms with Gasteiger partial charge in [0.25, 0.3) is 0 Å². The number of primary sulfonamides is 1. The Morgan fingerprint density at radius 2 is 1.82 bits per heavy atom. The Labute approximate surface area is 192 Å². The number of halogens is 3. The highest BCUT2D eigenvalue weighted by Gasteiger charge is 2.55. The van der Waals surface area contributed by atoms with E-state index in [2.05, 4.69) is 4.98 Å². The van der Waals surface area contributed by atoms with Crippen LogP contribution < -0.4 is 9.88 Å². The van der Waals surface area contributed by atoms with Crippen molar-refractivity contribution in [3.63, 3.8) is 0 Å². The zero-order valence-electron chi connectivity index (χ0n) is 17.5. The molecule has 0 amide bonds. The largest absolute Gasteiger partial charge is 0.434 e. The van der Waals surface area contributed by atoms with Gasteiger partial charge in [-0.15, -0.1) is 0 Å². The molecule has 4 aromatic rings. The summed E-state index contributed by atoms with van der Waals surface area (Å²) < 4.78 is 71.0. The van der Waals surface area contributed by atoms with Crippen molar-refractivity contribution in [3.05, 3.63) is 77.9 Å². The van der Waals surface area contributed by atoms with E-state index in [4.69, 9.17) is 9.88 Å². The van der Waals surface area contributed by atoms with E-state index >= 15 is 4.39 Å². The van der Waals surface area contributed by atoms with Crippen LogP contribution in [0.5, 0.6) is 5.75 Å². The van der Waals surface area contributed by atoms with E-state index in [1.54, 1.807) is 24.3 Å². The van der Waals surface area contributed by atoms with E-state index in [1.807, 2.05) is 4.57 Å². The van der Waals surface area contributed by atoms with Crippen molar-refractivity contribution < 1.29 is 26.3 Å². The van der Waals surface area contributed by atoms with Crippen molar-refractivity contribution >= 4 is 21.1 Å². The molecule has 1 fully saturated rings. The number of fused-ring (bicyclic) bond motifs is 5. The molecule has 10 heteroatoms. The number of nitrogens with zero attached hydrogens (tertiary/aromatic N) is 2. The highest BCUT2D eigenvalue weighted by Crippen LogP contribution is 2.63. The average Bonchev–Trinajstić information content (AvgIpc) is 3.39. The molecule has 2 aliphatic rings. The maximum atomic E-state index is 15.0. The number of alkyl halides is 2. The van der Waals surface area contributed by atoms with Gasteiger partial charge in [0.2, 0.25) is 10.0 Å². The zero-order chi connectivity index (χ0) is 23.8. The SMILES string of the molecule is NS(=O)(=O)c1ccc(-c2cc3c(cc2F)nc2n3[C@@H](c3ccccc3OC(F)F)C3C[C@@H]23)cc1. The maximum Gasteiger partial charge on any atom is 0.387 e. The summed E-state index contributed by atoms with van der Waals surface area (Å²) in [6.45, 7) is -2.95. The van der Waals surface area contributed by atoms with Crippen LogP contribution in [0.2, 0.25) is 0 Å². The Balaban J connectivity index is 1.50. The molecule has 1 unspecified atom stereocenters. The monoisotopic (exact) mass is 485 g/mol. The minimum atomic E-state index is -3.87. The van der Waals surface area contributed by atoms with Gasteiger partial charge in [-0.25, -0.2) is 22.9 Å². The molecule has 0 spiro atoms. The topological polar surface area (TPSA) is 87.2 Å². The van der Waals surface area contributed by atoms with Gasteiger partial charge in [0.15, 0.2) is 0 Å². The molecule has 2 heterocycles. The highest BCUT2D eigenvalue weighted by atomic mass is 32.2. The fourth-order valence-corrected chi connectivity index (χ4v) is 5.60. The Hall–Kier alpha value is -3.37. The predicted octanol–water partition coefficient (Wildman–Crippen LogP) is 4.80. The summed E-state index contributed by atoms with van der Waals surface area (Å²) >= 11 is 0. The van der Waals surface area contributed by atoms with Gasteiger partial charge in [0.1, 0.15) is 17.4 Å². The number of para-hydroxylation sites is 1. The normalized spacial score (nSPS) is 21.0. The molecular formula is C24H18F3N3O3S. The Kier molecular flexibility index (Phi) is 4.56. The summed E-state index contributed by atoms with van der Waals surface area (Å²) in [5, 5.41) is 5.16. The van der Waals surface area contributed by atoms with Crippen LogP contribution in [-0.2, 0) is 10.0 Å². The molecule has 1 aromatic heterocycles. The average molecular weight is 485 g/mol.